The van der Waals surface area contributed by atoms with Gasteiger partial charge in [-0.05, 0) is 37.9 Å². The van der Waals surface area contributed by atoms with E-state index in [0.717, 1.165) is 30.9 Å². The molecule has 0 aromatic carbocycles. The molecule has 1 atom stereocenters. The Morgan fingerprint density at radius 2 is 2.28 bits per heavy atom. The van der Waals surface area contributed by atoms with E-state index >= 15 is 0 Å². The molecule has 2 aromatic rings. The summed E-state index contributed by atoms with van der Waals surface area (Å²) in [5.41, 5.74) is 3.32. The third kappa shape index (κ3) is 2.13. The van der Waals surface area contributed by atoms with Crippen LogP contribution in [0, 0.1) is 6.92 Å². The minimum absolute atomic E-state index is 0.256. The molecule has 0 radical (unpaired) electrons. The van der Waals surface area contributed by atoms with Crippen molar-refractivity contribution >= 4 is 5.65 Å². The van der Waals surface area contributed by atoms with Crippen LogP contribution in [0.4, 0.5) is 0 Å². The summed E-state index contributed by atoms with van der Waals surface area (Å²) in [5.74, 6) is 0. The maximum absolute atomic E-state index is 9.32. The van der Waals surface area contributed by atoms with E-state index in [1.807, 2.05) is 6.07 Å². The maximum Gasteiger partial charge on any atom is 0.137 e. The molecule has 18 heavy (non-hydrogen) atoms. The lowest BCUT2D eigenvalue weighted by Gasteiger charge is -2.21. The maximum atomic E-state index is 9.32. The Morgan fingerprint density at radius 3 is 3.11 bits per heavy atom. The third-order valence-corrected chi connectivity index (χ3v) is 3.72. The highest BCUT2D eigenvalue weighted by Gasteiger charge is 2.24. The molecule has 2 aromatic heterocycles. The molecule has 0 bridgehead atoms. The van der Waals surface area contributed by atoms with Crippen molar-refractivity contribution in [3.63, 3.8) is 0 Å². The summed E-state index contributed by atoms with van der Waals surface area (Å²) in [7, 11) is 0. The van der Waals surface area contributed by atoms with E-state index in [-0.39, 0.29) is 6.61 Å². The standard InChI is InChI=1S/C14H19N3O/c1-11-4-5-14-15-12(9-17(14)7-11)8-16-6-2-3-13(16)10-18/h4-5,7,9,13,18H,2-3,6,8,10H2,1H3/t13-/m1/s1. The molecule has 0 unspecified atom stereocenters. The lowest BCUT2D eigenvalue weighted by molar-refractivity contribution is 0.152. The van der Waals surface area contributed by atoms with E-state index in [1.165, 1.54) is 12.0 Å². The summed E-state index contributed by atoms with van der Waals surface area (Å²) >= 11 is 0. The smallest absolute Gasteiger partial charge is 0.137 e. The van der Waals surface area contributed by atoms with Gasteiger partial charge in [-0.25, -0.2) is 4.98 Å². The zero-order chi connectivity index (χ0) is 12.5. The topological polar surface area (TPSA) is 40.8 Å². The van der Waals surface area contributed by atoms with Crippen molar-refractivity contribution in [1.29, 1.82) is 0 Å². The van der Waals surface area contributed by atoms with Crippen LogP contribution in [0.1, 0.15) is 24.1 Å². The van der Waals surface area contributed by atoms with Crippen LogP contribution in [0.2, 0.25) is 0 Å². The van der Waals surface area contributed by atoms with Crippen molar-refractivity contribution in [3.05, 3.63) is 35.8 Å². The van der Waals surface area contributed by atoms with Crippen LogP contribution in [0.25, 0.3) is 5.65 Å². The van der Waals surface area contributed by atoms with Crippen molar-refractivity contribution in [2.75, 3.05) is 13.2 Å². The SMILES string of the molecule is Cc1ccc2nc(CN3CCC[C@@H]3CO)cn2c1. The number of fused-ring (bicyclic) bond motifs is 1. The molecule has 3 rings (SSSR count). The van der Waals surface area contributed by atoms with E-state index in [4.69, 9.17) is 0 Å². The molecule has 1 saturated heterocycles. The molecule has 0 amide bonds. The molecule has 1 aliphatic rings. The molecule has 1 aliphatic heterocycles. The van der Waals surface area contributed by atoms with Gasteiger partial charge in [0.15, 0.2) is 0 Å². The molecule has 0 saturated carbocycles. The number of likely N-dealkylation sites (tertiary alicyclic amines) is 1. The van der Waals surface area contributed by atoms with Crippen LogP contribution in [0.5, 0.6) is 0 Å². The minimum atomic E-state index is 0.256. The molecule has 4 nitrogen and oxygen atoms in total. The van der Waals surface area contributed by atoms with Gasteiger partial charge in [-0.1, -0.05) is 6.07 Å². The molecule has 1 N–H and O–H groups in total. The fourth-order valence-electron chi connectivity index (χ4n) is 2.75. The Hall–Kier alpha value is -1.39. The third-order valence-electron chi connectivity index (χ3n) is 3.72. The molecule has 1 fully saturated rings. The van der Waals surface area contributed by atoms with Crippen molar-refractivity contribution < 1.29 is 5.11 Å². The van der Waals surface area contributed by atoms with Gasteiger partial charge < -0.3 is 9.51 Å². The molecule has 96 valence electrons. The second kappa shape index (κ2) is 4.71. The highest BCUT2D eigenvalue weighted by molar-refractivity contribution is 5.41. The first kappa shape index (κ1) is 11.7. The number of hydrogen-bond acceptors (Lipinski definition) is 3. The first-order chi connectivity index (χ1) is 8.76. The summed E-state index contributed by atoms with van der Waals surface area (Å²) in [6.07, 6.45) is 6.47. The van der Waals surface area contributed by atoms with Crippen LogP contribution in [-0.4, -0.2) is 38.6 Å². The number of hydrogen-bond donors (Lipinski definition) is 1. The van der Waals surface area contributed by atoms with Gasteiger partial charge in [-0.3, -0.25) is 4.90 Å². The van der Waals surface area contributed by atoms with E-state index < -0.39 is 0 Å². The Kier molecular flexibility index (Phi) is 3.06. The number of aliphatic hydroxyl groups excluding tert-OH is 1. The van der Waals surface area contributed by atoms with E-state index in [1.54, 1.807) is 0 Å². The first-order valence-corrected chi connectivity index (χ1v) is 6.55. The van der Waals surface area contributed by atoms with Crippen LogP contribution in [-0.2, 0) is 6.54 Å². The largest absolute Gasteiger partial charge is 0.395 e. The Morgan fingerprint density at radius 1 is 1.39 bits per heavy atom. The van der Waals surface area contributed by atoms with E-state index in [2.05, 4.69) is 39.7 Å². The van der Waals surface area contributed by atoms with Gasteiger partial charge in [-0.15, -0.1) is 0 Å². The molecule has 3 heterocycles. The molecule has 0 spiro atoms. The van der Waals surface area contributed by atoms with Gasteiger partial charge in [0.1, 0.15) is 5.65 Å². The number of aryl methyl sites for hydroxylation is 1. The number of nitrogens with zero attached hydrogens (tertiary/aromatic N) is 3. The zero-order valence-electron chi connectivity index (χ0n) is 10.7. The lowest BCUT2D eigenvalue weighted by atomic mass is 10.2. The molecular formula is C14H19N3O. The number of aliphatic hydroxyl groups is 1. The first-order valence-electron chi connectivity index (χ1n) is 6.55. The number of pyridine rings is 1. The highest BCUT2D eigenvalue weighted by atomic mass is 16.3. The summed E-state index contributed by atoms with van der Waals surface area (Å²) in [5, 5.41) is 9.32. The van der Waals surface area contributed by atoms with Crippen molar-refractivity contribution in [2.45, 2.75) is 32.4 Å². The lowest BCUT2D eigenvalue weighted by Crippen LogP contribution is -2.31. The van der Waals surface area contributed by atoms with Gasteiger partial charge in [0.25, 0.3) is 0 Å². The highest BCUT2D eigenvalue weighted by Crippen LogP contribution is 2.19. The normalized spacial score (nSPS) is 20.9. The Balaban J connectivity index is 1.82. The summed E-state index contributed by atoms with van der Waals surface area (Å²) in [4.78, 5) is 6.95. The average molecular weight is 245 g/mol. The van der Waals surface area contributed by atoms with Crippen molar-refractivity contribution in [2.24, 2.45) is 0 Å². The average Bonchev–Trinajstić information content (AvgIpc) is 2.94. The fourth-order valence-corrected chi connectivity index (χ4v) is 2.75. The van der Waals surface area contributed by atoms with Gasteiger partial charge in [0, 0.05) is 25.0 Å². The van der Waals surface area contributed by atoms with Gasteiger partial charge >= 0.3 is 0 Å². The predicted octanol–water partition coefficient (Wildman–Crippen LogP) is 1.60. The van der Waals surface area contributed by atoms with Crippen LogP contribution < -0.4 is 0 Å². The van der Waals surface area contributed by atoms with Gasteiger partial charge in [0.05, 0.1) is 12.3 Å². The number of rotatable bonds is 3. The number of aromatic nitrogens is 2. The van der Waals surface area contributed by atoms with Crippen LogP contribution >= 0.6 is 0 Å². The second-order valence-corrected chi connectivity index (χ2v) is 5.15. The fraction of sp³-hybridized carbons (Fsp3) is 0.500. The summed E-state index contributed by atoms with van der Waals surface area (Å²) in [6, 6.07) is 4.45. The van der Waals surface area contributed by atoms with Crippen LogP contribution in [0.3, 0.4) is 0 Å². The molecule has 4 heteroatoms. The Bertz CT molecular complexity index is 549. The minimum Gasteiger partial charge on any atom is -0.395 e. The summed E-state index contributed by atoms with van der Waals surface area (Å²) < 4.78 is 2.08. The number of imidazole rings is 1. The monoisotopic (exact) mass is 245 g/mol. The zero-order valence-corrected chi connectivity index (χ0v) is 10.7. The van der Waals surface area contributed by atoms with Crippen molar-refractivity contribution in [3.8, 4) is 0 Å². The predicted molar refractivity (Wildman–Crippen MR) is 70.4 cm³/mol. The molecular weight excluding hydrogens is 226 g/mol. The van der Waals surface area contributed by atoms with E-state index in [9.17, 15) is 5.11 Å². The van der Waals surface area contributed by atoms with Crippen LogP contribution in [0.15, 0.2) is 24.5 Å². The Labute approximate surface area is 107 Å². The van der Waals surface area contributed by atoms with Gasteiger partial charge in [0.2, 0.25) is 0 Å². The quantitative estimate of drug-likeness (QED) is 0.893. The summed E-state index contributed by atoms with van der Waals surface area (Å²) in [6.45, 7) is 4.25. The second-order valence-electron chi connectivity index (χ2n) is 5.15. The molecule has 0 aliphatic carbocycles. The van der Waals surface area contributed by atoms with E-state index in [0.29, 0.717) is 6.04 Å². The van der Waals surface area contributed by atoms with Crippen molar-refractivity contribution in [1.82, 2.24) is 14.3 Å². The van der Waals surface area contributed by atoms with Gasteiger partial charge in [-0.2, -0.15) is 0 Å².